The van der Waals surface area contributed by atoms with Crippen LogP contribution in [0, 0.1) is 6.92 Å². The van der Waals surface area contributed by atoms with Crippen molar-refractivity contribution < 1.29 is 14.3 Å². The monoisotopic (exact) mass is 407 g/mol. The second kappa shape index (κ2) is 9.01. The molecule has 0 saturated heterocycles. The number of anilines is 1. The zero-order valence-electron chi connectivity index (χ0n) is 16.5. The molecule has 152 valence electrons. The Morgan fingerprint density at radius 1 is 1.21 bits per heavy atom. The van der Waals surface area contributed by atoms with Gasteiger partial charge in [0.25, 0.3) is 5.56 Å². The maximum absolute atomic E-state index is 12.5. The van der Waals surface area contributed by atoms with Crippen LogP contribution in [0.25, 0.3) is 0 Å². The molecule has 0 aliphatic rings. The number of aryl methyl sites for hydroxylation is 2. The third-order valence-corrected chi connectivity index (χ3v) is 5.46. The van der Waals surface area contributed by atoms with Crippen LogP contribution in [-0.4, -0.2) is 27.5 Å². The maximum Gasteiger partial charge on any atom is 0.348 e. The number of ether oxygens (including phenoxy) is 1. The molecule has 0 aromatic carbocycles. The molecule has 2 aromatic heterocycles. The summed E-state index contributed by atoms with van der Waals surface area (Å²) >= 11 is 1.31. The first-order valence-corrected chi connectivity index (χ1v) is 9.93. The van der Waals surface area contributed by atoms with Crippen molar-refractivity contribution in [3.8, 4) is 0 Å². The van der Waals surface area contributed by atoms with Crippen LogP contribution >= 0.6 is 11.3 Å². The number of aromatic nitrogens is 2. The van der Waals surface area contributed by atoms with Gasteiger partial charge in [-0.15, -0.1) is 11.3 Å². The van der Waals surface area contributed by atoms with E-state index in [1.165, 1.54) is 23.0 Å². The van der Waals surface area contributed by atoms with Crippen molar-refractivity contribution in [1.29, 1.82) is 0 Å². The Bertz CT molecular complexity index is 1020. The van der Waals surface area contributed by atoms with Gasteiger partial charge in [0.2, 0.25) is 5.78 Å². The van der Waals surface area contributed by atoms with Gasteiger partial charge in [-0.3, -0.25) is 18.7 Å². The number of esters is 1. The Morgan fingerprint density at radius 3 is 2.50 bits per heavy atom. The van der Waals surface area contributed by atoms with E-state index in [9.17, 15) is 19.2 Å². The van der Waals surface area contributed by atoms with E-state index in [1.807, 2.05) is 13.8 Å². The van der Waals surface area contributed by atoms with Gasteiger partial charge in [-0.25, -0.2) is 9.59 Å². The van der Waals surface area contributed by atoms with E-state index in [0.29, 0.717) is 11.3 Å². The number of hydrogen-bond acceptors (Lipinski definition) is 7. The molecule has 0 spiro atoms. The molecule has 0 atom stereocenters. The Labute approximate surface area is 166 Å². The van der Waals surface area contributed by atoms with Crippen molar-refractivity contribution in [2.24, 2.45) is 7.05 Å². The number of nitrogen functional groups attached to an aromatic ring is 1. The predicted molar refractivity (Wildman–Crippen MR) is 108 cm³/mol. The standard InChI is InChI=1S/C19H25N3O5S/c1-5-7-12-9-14(28-11(12)3)18(25)27-10-13(23)15-16(20)22(8-6-2)19(26)21(4)17(15)24/h9H,5-8,10,20H2,1-4H3. The number of rotatable bonds is 8. The first-order valence-electron chi connectivity index (χ1n) is 9.11. The quantitative estimate of drug-likeness (QED) is 0.528. The van der Waals surface area contributed by atoms with Crippen molar-refractivity contribution in [2.45, 2.75) is 46.6 Å². The summed E-state index contributed by atoms with van der Waals surface area (Å²) in [6.45, 7) is 5.47. The Kier molecular flexibility index (Phi) is 6.95. The van der Waals surface area contributed by atoms with Gasteiger partial charge in [-0.2, -0.15) is 0 Å². The molecule has 9 heteroatoms. The highest BCUT2D eigenvalue weighted by atomic mass is 32.1. The molecule has 28 heavy (non-hydrogen) atoms. The van der Waals surface area contributed by atoms with Crippen LogP contribution < -0.4 is 17.0 Å². The number of hydrogen-bond donors (Lipinski definition) is 1. The van der Waals surface area contributed by atoms with Gasteiger partial charge in [0.1, 0.15) is 16.3 Å². The first kappa shape index (κ1) is 21.6. The van der Waals surface area contributed by atoms with E-state index in [0.717, 1.165) is 27.8 Å². The van der Waals surface area contributed by atoms with Gasteiger partial charge in [0.05, 0.1) is 0 Å². The Morgan fingerprint density at radius 2 is 1.89 bits per heavy atom. The number of nitrogens with two attached hydrogens (primary N) is 1. The van der Waals surface area contributed by atoms with Crippen LogP contribution in [0.5, 0.6) is 0 Å². The summed E-state index contributed by atoms with van der Waals surface area (Å²) in [5, 5.41) is 0. The van der Waals surface area contributed by atoms with Crippen LogP contribution in [0.4, 0.5) is 5.82 Å². The summed E-state index contributed by atoms with van der Waals surface area (Å²) in [6.07, 6.45) is 2.42. The van der Waals surface area contributed by atoms with E-state index in [-0.39, 0.29) is 17.9 Å². The molecule has 2 aromatic rings. The van der Waals surface area contributed by atoms with Crippen molar-refractivity contribution in [1.82, 2.24) is 9.13 Å². The van der Waals surface area contributed by atoms with E-state index in [2.05, 4.69) is 6.92 Å². The largest absolute Gasteiger partial charge is 0.453 e. The third kappa shape index (κ3) is 4.24. The number of carbonyl (C=O) groups is 2. The summed E-state index contributed by atoms with van der Waals surface area (Å²) in [4.78, 5) is 50.8. The summed E-state index contributed by atoms with van der Waals surface area (Å²) in [5.74, 6) is -1.56. The third-order valence-electron chi connectivity index (χ3n) is 4.38. The van der Waals surface area contributed by atoms with Crippen molar-refractivity contribution in [3.63, 3.8) is 0 Å². The van der Waals surface area contributed by atoms with E-state index < -0.39 is 29.6 Å². The smallest absolute Gasteiger partial charge is 0.348 e. The van der Waals surface area contributed by atoms with E-state index in [4.69, 9.17) is 10.5 Å². The van der Waals surface area contributed by atoms with Gasteiger partial charge in [-0.1, -0.05) is 20.3 Å². The first-order chi connectivity index (χ1) is 13.2. The summed E-state index contributed by atoms with van der Waals surface area (Å²) < 4.78 is 7.11. The van der Waals surface area contributed by atoms with Crippen molar-refractivity contribution >= 4 is 28.9 Å². The average Bonchev–Trinajstić information content (AvgIpc) is 3.03. The van der Waals surface area contributed by atoms with Gasteiger partial charge in [0, 0.05) is 18.5 Å². The summed E-state index contributed by atoms with van der Waals surface area (Å²) in [6, 6.07) is 1.77. The van der Waals surface area contributed by atoms with E-state index in [1.54, 1.807) is 6.07 Å². The second-order valence-corrected chi connectivity index (χ2v) is 7.76. The fourth-order valence-electron chi connectivity index (χ4n) is 2.90. The molecule has 0 amide bonds. The topological polar surface area (TPSA) is 113 Å². The highest BCUT2D eigenvalue weighted by Gasteiger charge is 2.23. The molecule has 0 radical (unpaired) electrons. The molecule has 2 N–H and O–H groups in total. The molecule has 0 saturated carbocycles. The van der Waals surface area contributed by atoms with Gasteiger partial charge in [-0.05, 0) is 31.4 Å². The summed E-state index contributed by atoms with van der Waals surface area (Å²) in [7, 11) is 1.28. The molecule has 0 aliphatic carbocycles. The number of nitrogens with zero attached hydrogens (tertiary/aromatic N) is 2. The van der Waals surface area contributed by atoms with E-state index >= 15 is 0 Å². The lowest BCUT2D eigenvalue weighted by Gasteiger charge is -2.13. The molecule has 0 fully saturated rings. The van der Waals surface area contributed by atoms with Crippen LogP contribution in [-0.2, 0) is 24.8 Å². The molecule has 2 rings (SSSR count). The molecule has 0 bridgehead atoms. The fourth-order valence-corrected chi connectivity index (χ4v) is 3.86. The molecular formula is C19H25N3O5S. The van der Waals surface area contributed by atoms with Crippen molar-refractivity contribution in [3.05, 3.63) is 47.8 Å². The molecule has 8 nitrogen and oxygen atoms in total. The minimum Gasteiger partial charge on any atom is -0.453 e. The Balaban J connectivity index is 2.24. The minimum atomic E-state index is -0.798. The number of thiophene rings is 1. The van der Waals surface area contributed by atoms with Crippen molar-refractivity contribution in [2.75, 3.05) is 12.3 Å². The van der Waals surface area contributed by atoms with Crippen LogP contribution in [0.1, 0.15) is 57.2 Å². The lowest BCUT2D eigenvalue weighted by Crippen LogP contribution is -2.43. The van der Waals surface area contributed by atoms with Gasteiger partial charge >= 0.3 is 11.7 Å². The van der Waals surface area contributed by atoms with Crippen LogP contribution in [0.3, 0.4) is 0 Å². The minimum absolute atomic E-state index is 0.201. The second-order valence-electron chi connectivity index (χ2n) is 6.50. The van der Waals surface area contributed by atoms with Gasteiger partial charge < -0.3 is 10.5 Å². The highest BCUT2D eigenvalue weighted by Crippen LogP contribution is 2.23. The van der Waals surface area contributed by atoms with Crippen LogP contribution in [0.2, 0.25) is 0 Å². The Hall–Kier alpha value is -2.68. The molecule has 2 heterocycles. The zero-order valence-corrected chi connectivity index (χ0v) is 17.4. The molecule has 0 aliphatic heterocycles. The van der Waals surface area contributed by atoms with Crippen LogP contribution in [0.15, 0.2) is 15.7 Å². The number of carbonyl (C=O) groups excluding carboxylic acids is 2. The van der Waals surface area contributed by atoms with Gasteiger partial charge in [0.15, 0.2) is 6.61 Å². The SMILES string of the molecule is CCCc1cc(C(=O)OCC(=O)c2c(N)n(CCC)c(=O)n(C)c2=O)sc1C. The number of Topliss-reactive ketones (excluding diaryl/α,β-unsaturated/α-hetero) is 1. The fraction of sp³-hybridized carbons (Fsp3) is 0.474. The zero-order chi connectivity index (χ0) is 21.0. The lowest BCUT2D eigenvalue weighted by atomic mass is 10.1. The highest BCUT2D eigenvalue weighted by molar-refractivity contribution is 7.14. The molecular weight excluding hydrogens is 382 g/mol. The summed E-state index contributed by atoms with van der Waals surface area (Å²) in [5.41, 5.74) is 5.26. The number of ketones is 1. The predicted octanol–water partition coefficient (Wildman–Crippen LogP) is 1.90. The normalized spacial score (nSPS) is 10.9. The lowest BCUT2D eigenvalue weighted by molar-refractivity contribution is 0.0479. The average molecular weight is 407 g/mol. The molecule has 0 unspecified atom stereocenters. The maximum atomic E-state index is 12.5.